The van der Waals surface area contributed by atoms with Crippen LogP contribution in [0.5, 0.6) is 17.2 Å². The average molecular weight is 435 g/mol. The van der Waals surface area contributed by atoms with Gasteiger partial charge in [-0.05, 0) is 48.4 Å². The van der Waals surface area contributed by atoms with Gasteiger partial charge in [-0.2, -0.15) is 0 Å². The minimum Gasteiger partial charge on any atom is -0.493 e. The van der Waals surface area contributed by atoms with Gasteiger partial charge < -0.3 is 19.5 Å². The first-order valence-corrected chi connectivity index (χ1v) is 10.6. The van der Waals surface area contributed by atoms with Crippen molar-refractivity contribution in [2.45, 2.75) is 25.7 Å². The maximum atomic E-state index is 12.7. The van der Waals surface area contributed by atoms with Crippen LogP contribution in [0.25, 0.3) is 6.08 Å². The molecule has 1 aromatic carbocycles. The number of carbonyl (C=O) groups excluding carboxylic acids is 3. The highest BCUT2D eigenvalue weighted by atomic mass is 32.2. The molecule has 1 aliphatic carbocycles. The smallest absolute Gasteiger partial charge is 0.293 e. The Hall–Kier alpha value is -2.68. The number of methoxy groups -OCH3 is 3. The summed E-state index contributed by atoms with van der Waals surface area (Å²) < 4.78 is 16.0. The zero-order chi connectivity index (χ0) is 21.7. The van der Waals surface area contributed by atoms with Gasteiger partial charge in [0.05, 0.1) is 26.2 Å². The molecule has 9 heteroatoms. The number of rotatable bonds is 8. The molecule has 1 N–H and O–H groups in total. The summed E-state index contributed by atoms with van der Waals surface area (Å²) in [4.78, 5) is 38.6. The van der Waals surface area contributed by atoms with Crippen LogP contribution in [0.3, 0.4) is 0 Å². The molecule has 1 saturated carbocycles. The molecule has 1 aliphatic heterocycles. The monoisotopic (exact) mass is 434 g/mol. The molecule has 0 radical (unpaired) electrons. The first kappa shape index (κ1) is 22.0. The summed E-state index contributed by atoms with van der Waals surface area (Å²) in [6.45, 7) is 0.403. The molecule has 0 unspecified atom stereocenters. The summed E-state index contributed by atoms with van der Waals surface area (Å²) in [5.74, 6) is 1.04. The number of amides is 3. The fourth-order valence-electron chi connectivity index (χ4n) is 3.65. The fourth-order valence-corrected chi connectivity index (χ4v) is 4.52. The Morgan fingerprint density at radius 1 is 1.13 bits per heavy atom. The number of carbonyl (C=O) groups is 3. The van der Waals surface area contributed by atoms with E-state index in [0.29, 0.717) is 27.7 Å². The van der Waals surface area contributed by atoms with Gasteiger partial charge in [-0.25, -0.2) is 0 Å². The second-order valence-corrected chi connectivity index (χ2v) is 8.06. The number of benzene rings is 1. The summed E-state index contributed by atoms with van der Waals surface area (Å²) >= 11 is 0.871. The van der Waals surface area contributed by atoms with Crippen LogP contribution < -0.4 is 19.5 Å². The Labute approximate surface area is 179 Å². The van der Waals surface area contributed by atoms with Gasteiger partial charge in [-0.1, -0.05) is 12.8 Å². The Balaban J connectivity index is 1.68. The number of nitrogens with one attached hydrogen (secondary N) is 1. The molecule has 2 fully saturated rings. The van der Waals surface area contributed by atoms with Crippen molar-refractivity contribution in [1.29, 1.82) is 0 Å². The van der Waals surface area contributed by atoms with E-state index in [1.807, 2.05) is 0 Å². The molecule has 0 aromatic heterocycles. The Kier molecular flexibility index (Phi) is 7.25. The van der Waals surface area contributed by atoms with E-state index in [2.05, 4.69) is 5.32 Å². The lowest BCUT2D eigenvalue weighted by molar-refractivity contribution is -0.126. The van der Waals surface area contributed by atoms with Gasteiger partial charge in [0.2, 0.25) is 11.7 Å². The molecule has 3 amide bonds. The van der Waals surface area contributed by atoms with Gasteiger partial charge in [0.15, 0.2) is 11.5 Å². The highest BCUT2D eigenvalue weighted by molar-refractivity contribution is 8.18. The molecule has 3 rings (SSSR count). The molecule has 1 aromatic rings. The molecular formula is C21H26N2O6S. The van der Waals surface area contributed by atoms with E-state index in [-0.39, 0.29) is 36.1 Å². The third kappa shape index (κ3) is 4.72. The first-order valence-electron chi connectivity index (χ1n) is 9.81. The van der Waals surface area contributed by atoms with Gasteiger partial charge >= 0.3 is 0 Å². The van der Waals surface area contributed by atoms with Crippen molar-refractivity contribution in [3.63, 3.8) is 0 Å². The van der Waals surface area contributed by atoms with Crippen molar-refractivity contribution >= 4 is 34.9 Å². The Bertz CT molecular complexity index is 838. The lowest BCUT2D eigenvalue weighted by Crippen LogP contribution is -2.39. The number of imide groups is 1. The van der Waals surface area contributed by atoms with E-state index in [1.54, 1.807) is 18.2 Å². The lowest BCUT2D eigenvalue weighted by Gasteiger charge is -2.15. The Morgan fingerprint density at radius 2 is 1.77 bits per heavy atom. The van der Waals surface area contributed by atoms with Gasteiger partial charge in [0, 0.05) is 19.0 Å². The highest BCUT2D eigenvalue weighted by Gasteiger charge is 2.35. The highest BCUT2D eigenvalue weighted by Crippen LogP contribution is 2.40. The third-order valence-electron chi connectivity index (χ3n) is 5.22. The standard InChI is InChI=1S/C21H26N2O6S/c1-27-15-10-13(11-16(28-2)18(15)29-3)12-17-20(25)23(21(26)30-17)9-8-22-19(24)14-6-4-5-7-14/h10-12,14H,4-9H2,1-3H3,(H,22,24)/b17-12-. The number of hydrogen-bond acceptors (Lipinski definition) is 7. The van der Waals surface area contributed by atoms with E-state index in [9.17, 15) is 14.4 Å². The van der Waals surface area contributed by atoms with Crippen molar-refractivity contribution in [2.24, 2.45) is 5.92 Å². The number of hydrogen-bond donors (Lipinski definition) is 1. The van der Waals surface area contributed by atoms with Crippen LogP contribution in [-0.4, -0.2) is 56.4 Å². The molecule has 1 saturated heterocycles. The van der Waals surface area contributed by atoms with Crippen LogP contribution in [0.15, 0.2) is 17.0 Å². The molecule has 30 heavy (non-hydrogen) atoms. The van der Waals surface area contributed by atoms with Gasteiger partial charge in [0.1, 0.15) is 0 Å². The van der Waals surface area contributed by atoms with E-state index < -0.39 is 0 Å². The molecular weight excluding hydrogens is 408 g/mol. The Morgan fingerprint density at radius 3 is 2.33 bits per heavy atom. The second kappa shape index (κ2) is 9.88. The van der Waals surface area contributed by atoms with Gasteiger partial charge in [0.25, 0.3) is 11.1 Å². The summed E-state index contributed by atoms with van der Waals surface area (Å²) in [5, 5.41) is 2.49. The quantitative estimate of drug-likeness (QED) is 0.629. The van der Waals surface area contributed by atoms with Crippen LogP contribution in [0.4, 0.5) is 4.79 Å². The molecule has 162 valence electrons. The molecule has 0 atom stereocenters. The van der Waals surface area contributed by atoms with Crippen LogP contribution >= 0.6 is 11.8 Å². The third-order valence-corrected chi connectivity index (χ3v) is 6.13. The van der Waals surface area contributed by atoms with Crippen LogP contribution in [-0.2, 0) is 9.59 Å². The van der Waals surface area contributed by atoms with Crippen molar-refractivity contribution in [3.05, 3.63) is 22.6 Å². The maximum Gasteiger partial charge on any atom is 0.293 e. The number of ether oxygens (including phenoxy) is 3. The van der Waals surface area contributed by atoms with Crippen molar-refractivity contribution in [3.8, 4) is 17.2 Å². The summed E-state index contributed by atoms with van der Waals surface area (Å²) in [5.41, 5.74) is 0.643. The van der Waals surface area contributed by atoms with Crippen molar-refractivity contribution in [2.75, 3.05) is 34.4 Å². The molecule has 0 spiro atoms. The fraction of sp³-hybridized carbons (Fsp3) is 0.476. The maximum absolute atomic E-state index is 12.7. The van der Waals surface area contributed by atoms with E-state index in [0.717, 1.165) is 42.3 Å². The van der Waals surface area contributed by atoms with Gasteiger partial charge in [-0.3, -0.25) is 19.3 Å². The van der Waals surface area contributed by atoms with E-state index in [1.165, 1.54) is 21.3 Å². The molecule has 8 nitrogen and oxygen atoms in total. The minimum absolute atomic E-state index is 0.00689. The van der Waals surface area contributed by atoms with Crippen LogP contribution in [0.1, 0.15) is 31.2 Å². The van der Waals surface area contributed by atoms with Gasteiger partial charge in [-0.15, -0.1) is 0 Å². The second-order valence-electron chi connectivity index (χ2n) is 7.06. The summed E-state index contributed by atoms with van der Waals surface area (Å²) in [6.07, 6.45) is 5.59. The first-order chi connectivity index (χ1) is 14.5. The van der Waals surface area contributed by atoms with E-state index >= 15 is 0 Å². The predicted molar refractivity (Wildman–Crippen MR) is 114 cm³/mol. The lowest BCUT2D eigenvalue weighted by atomic mass is 10.1. The SMILES string of the molecule is COc1cc(/C=C2\SC(=O)N(CCNC(=O)C3CCCC3)C2=O)cc(OC)c1OC. The molecule has 0 bridgehead atoms. The van der Waals surface area contributed by atoms with Crippen molar-refractivity contribution in [1.82, 2.24) is 10.2 Å². The summed E-state index contributed by atoms with van der Waals surface area (Å²) in [7, 11) is 4.53. The number of nitrogens with zero attached hydrogens (tertiary/aromatic N) is 1. The zero-order valence-corrected chi connectivity index (χ0v) is 18.2. The number of thioether (sulfide) groups is 1. The van der Waals surface area contributed by atoms with E-state index in [4.69, 9.17) is 14.2 Å². The minimum atomic E-state index is -0.381. The largest absolute Gasteiger partial charge is 0.493 e. The van der Waals surface area contributed by atoms with Crippen LogP contribution in [0.2, 0.25) is 0 Å². The summed E-state index contributed by atoms with van der Waals surface area (Å²) in [6, 6.07) is 3.41. The predicted octanol–water partition coefficient (Wildman–Crippen LogP) is 3.06. The molecule has 2 aliphatic rings. The van der Waals surface area contributed by atoms with Crippen molar-refractivity contribution < 1.29 is 28.6 Å². The molecule has 1 heterocycles. The zero-order valence-electron chi connectivity index (χ0n) is 17.4. The normalized spacial score (nSPS) is 18.2. The van der Waals surface area contributed by atoms with Crippen LogP contribution in [0, 0.1) is 5.92 Å². The topological polar surface area (TPSA) is 94.2 Å². The average Bonchev–Trinajstić information content (AvgIpc) is 3.37.